The third kappa shape index (κ3) is 3.37. The Balaban J connectivity index is 2.12. The number of aryl methyl sites for hydroxylation is 1. The van der Waals surface area contributed by atoms with Gasteiger partial charge >= 0.3 is 5.69 Å². The van der Waals surface area contributed by atoms with Crippen molar-refractivity contribution in [1.29, 1.82) is 0 Å². The summed E-state index contributed by atoms with van der Waals surface area (Å²) in [6.07, 6.45) is 0.649. The molecule has 2 aromatic carbocycles. The third-order valence-electron chi connectivity index (χ3n) is 5.64. The zero-order valence-corrected chi connectivity index (χ0v) is 17.8. The normalized spacial score (nSPS) is 17.2. The number of rotatable bonds is 4. The molecule has 10 heteroatoms. The maximum absolute atomic E-state index is 13.7. The summed E-state index contributed by atoms with van der Waals surface area (Å²) in [5, 5.41) is 2.25. The molecule has 0 saturated carbocycles. The van der Waals surface area contributed by atoms with Gasteiger partial charge in [0, 0.05) is 6.42 Å². The molecular weight excluding hydrogens is 422 g/mol. The van der Waals surface area contributed by atoms with Crippen molar-refractivity contribution in [2.24, 2.45) is 0 Å². The van der Waals surface area contributed by atoms with Crippen molar-refractivity contribution in [3.05, 3.63) is 58.0 Å². The van der Waals surface area contributed by atoms with Crippen molar-refractivity contribution >= 4 is 33.0 Å². The van der Waals surface area contributed by atoms with Crippen LogP contribution in [0, 0.1) is 6.92 Å². The summed E-state index contributed by atoms with van der Waals surface area (Å²) >= 11 is 0. The van der Waals surface area contributed by atoms with Gasteiger partial charge in [-0.2, -0.15) is 8.42 Å². The van der Waals surface area contributed by atoms with Crippen LogP contribution in [0.1, 0.15) is 36.9 Å². The molecule has 0 spiro atoms. The molecule has 2 heterocycles. The molecule has 0 radical (unpaired) electrons. The van der Waals surface area contributed by atoms with Gasteiger partial charge in [0.2, 0.25) is 11.8 Å². The van der Waals surface area contributed by atoms with Crippen molar-refractivity contribution < 1.29 is 22.6 Å². The Hall–Kier alpha value is -3.24. The molecule has 1 fully saturated rings. The quantitative estimate of drug-likeness (QED) is 0.468. The number of benzene rings is 2. The molecule has 9 nitrogen and oxygen atoms in total. The van der Waals surface area contributed by atoms with E-state index in [-0.39, 0.29) is 23.4 Å². The third-order valence-corrected chi connectivity index (χ3v) is 6.52. The van der Waals surface area contributed by atoms with Crippen molar-refractivity contribution in [2.45, 2.75) is 44.0 Å². The molecule has 1 saturated heterocycles. The lowest BCUT2D eigenvalue weighted by molar-refractivity contribution is -0.135. The number of aromatic nitrogens is 2. The summed E-state index contributed by atoms with van der Waals surface area (Å²) in [6, 6.07) is 8.64. The highest BCUT2D eigenvalue weighted by Gasteiger charge is 2.33. The van der Waals surface area contributed by atoms with E-state index in [0.29, 0.717) is 23.0 Å². The summed E-state index contributed by atoms with van der Waals surface area (Å²) in [4.78, 5) is 37.4. The predicted molar refractivity (Wildman–Crippen MR) is 113 cm³/mol. The van der Waals surface area contributed by atoms with Crippen LogP contribution in [0.25, 0.3) is 16.7 Å². The Morgan fingerprint density at radius 1 is 1.10 bits per heavy atom. The molecule has 162 valence electrons. The van der Waals surface area contributed by atoms with Crippen LogP contribution in [0.2, 0.25) is 0 Å². The van der Waals surface area contributed by atoms with E-state index >= 15 is 0 Å². The number of hydrogen-bond acceptors (Lipinski definition) is 5. The topological polar surface area (TPSA) is 127 Å². The number of carbonyl (C=O) groups is 2. The minimum atomic E-state index is -4.64. The molecule has 2 amide bonds. The summed E-state index contributed by atoms with van der Waals surface area (Å²) in [7, 11) is -4.64. The molecule has 1 unspecified atom stereocenters. The monoisotopic (exact) mass is 443 g/mol. The van der Waals surface area contributed by atoms with E-state index in [9.17, 15) is 27.4 Å². The van der Waals surface area contributed by atoms with Crippen molar-refractivity contribution in [3.8, 4) is 5.69 Å². The summed E-state index contributed by atoms with van der Waals surface area (Å²) in [6.45, 7) is 3.62. The molecule has 0 aliphatic carbocycles. The van der Waals surface area contributed by atoms with E-state index in [1.165, 1.54) is 15.2 Å². The second-order valence-electron chi connectivity index (χ2n) is 7.48. The van der Waals surface area contributed by atoms with E-state index in [2.05, 4.69) is 5.32 Å². The van der Waals surface area contributed by atoms with Gasteiger partial charge in [0.05, 0.1) is 16.7 Å². The van der Waals surface area contributed by atoms with E-state index in [0.717, 1.165) is 5.56 Å². The number of nitrogens with one attached hydrogen (secondary N) is 1. The number of nitrogens with zero attached hydrogens (tertiary/aromatic N) is 2. The van der Waals surface area contributed by atoms with Gasteiger partial charge in [0.1, 0.15) is 10.9 Å². The smallest absolute Gasteiger partial charge is 0.295 e. The van der Waals surface area contributed by atoms with Gasteiger partial charge in [0.25, 0.3) is 10.1 Å². The Labute approximate surface area is 178 Å². The standard InChI is InChI=1S/C21H21N3O6S/c1-3-13-12(2)8-10-17(31(28,29)30)19(13)24-15-7-5-4-6-14(15)23(21(24)27)16-9-11-18(25)22-20(16)26/h4-8,10,16H,3,9,11H2,1-2H3,(H,22,25,26)(H,28,29,30). The lowest BCUT2D eigenvalue weighted by Gasteiger charge is -2.22. The molecule has 2 N–H and O–H groups in total. The molecule has 4 rings (SSSR count). The van der Waals surface area contributed by atoms with E-state index in [1.54, 1.807) is 37.3 Å². The fourth-order valence-corrected chi connectivity index (χ4v) is 4.93. The lowest BCUT2D eigenvalue weighted by atomic mass is 10.0. The zero-order valence-electron chi connectivity index (χ0n) is 17.0. The number of imidazole rings is 1. The van der Waals surface area contributed by atoms with Gasteiger partial charge in [-0.05, 0) is 49.1 Å². The highest BCUT2D eigenvalue weighted by atomic mass is 32.2. The summed E-state index contributed by atoms with van der Waals surface area (Å²) in [5.74, 6) is -0.991. The highest BCUT2D eigenvalue weighted by Crippen LogP contribution is 2.31. The lowest BCUT2D eigenvalue weighted by Crippen LogP contribution is -2.44. The van der Waals surface area contributed by atoms with Crippen LogP contribution in [0.3, 0.4) is 0 Å². The van der Waals surface area contributed by atoms with Gasteiger partial charge in [-0.15, -0.1) is 0 Å². The van der Waals surface area contributed by atoms with Crippen LogP contribution in [-0.4, -0.2) is 33.9 Å². The number of amides is 2. The fourth-order valence-electron chi connectivity index (χ4n) is 4.23. The average molecular weight is 443 g/mol. The number of imide groups is 1. The average Bonchev–Trinajstić information content (AvgIpc) is 2.98. The minimum Gasteiger partial charge on any atom is -0.295 e. The SMILES string of the molecule is CCc1c(C)ccc(S(=O)(=O)O)c1-n1c(=O)n(C2CCC(=O)NC2=O)c2ccccc21. The van der Waals surface area contributed by atoms with Crippen molar-refractivity contribution in [2.75, 3.05) is 0 Å². The first kappa shape index (κ1) is 21.0. The first-order valence-electron chi connectivity index (χ1n) is 9.81. The maximum Gasteiger partial charge on any atom is 0.334 e. The van der Waals surface area contributed by atoms with Gasteiger partial charge in [-0.3, -0.25) is 28.6 Å². The molecule has 1 aliphatic rings. The van der Waals surface area contributed by atoms with E-state index in [1.807, 2.05) is 6.92 Å². The Morgan fingerprint density at radius 3 is 2.39 bits per heavy atom. The summed E-state index contributed by atoms with van der Waals surface area (Å²) in [5.41, 5.74) is 1.60. The van der Waals surface area contributed by atoms with Crippen LogP contribution in [-0.2, 0) is 26.1 Å². The van der Waals surface area contributed by atoms with Crippen LogP contribution >= 0.6 is 0 Å². The van der Waals surface area contributed by atoms with Crippen molar-refractivity contribution in [3.63, 3.8) is 0 Å². The number of para-hydroxylation sites is 2. The van der Waals surface area contributed by atoms with E-state index in [4.69, 9.17) is 0 Å². The van der Waals surface area contributed by atoms with Gasteiger partial charge in [-0.25, -0.2) is 4.79 Å². The second-order valence-corrected chi connectivity index (χ2v) is 8.87. The number of fused-ring (bicyclic) bond motifs is 1. The second kappa shape index (κ2) is 7.47. The molecule has 3 aromatic rings. The maximum atomic E-state index is 13.7. The van der Waals surface area contributed by atoms with Crippen LogP contribution in [0.5, 0.6) is 0 Å². The largest absolute Gasteiger partial charge is 0.334 e. The molecule has 31 heavy (non-hydrogen) atoms. The fraction of sp³-hybridized carbons (Fsp3) is 0.286. The molecule has 1 aromatic heterocycles. The van der Waals surface area contributed by atoms with Gasteiger partial charge in [0.15, 0.2) is 0 Å². The first-order valence-corrected chi connectivity index (χ1v) is 11.2. The Kier molecular flexibility index (Phi) is 5.06. The molecular formula is C21H21N3O6S. The first-order chi connectivity index (χ1) is 14.6. The van der Waals surface area contributed by atoms with Crippen LogP contribution in [0.15, 0.2) is 46.1 Å². The Morgan fingerprint density at radius 2 is 1.77 bits per heavy atom. The van der Waals surface area contributed by atoms with Gasteiger partial charge in [-0.1, -0.05) is 25.1 Å². The predicted octanol–water partition coefficient (Wildman–Crippen LogP) is 1.89. The van der Waals surface area contributed by atoms with Crippen molar-refractivity contribution in [1.82, 2.24) is 14.5 Å². The van der Waals surface area contributed by atoms with E-state index < -0.39 is 33.7 Å². The summed E-state index contributed by atoms with van der Waals surface area (Å²) < 4.78 is 36.8. The number of hydrogen-bond donors (Lipinski definition) is 2. The van der Waals surface area contributed by atoms with Gasteiger partial charge < -0.3 is 0 Å². The minimum absolute atomic E-state index is 0.0669. The number of piperidine rings is 1. The Bertz CT molecular complexity index is 1400. The number of carbonyl (C=O) groups excluding carboxylic acids is 2. The molecule has 0 bridgehead atoms. The highest BCUT2D eigenvalue weighted by molar-refractivity contribution is 7.86. The molecule has 1 atom stereocenters. The van der Waals surface area contributed by atoms with Crippen LogP contribution in [0.4, 0.5) is 0 Å². The van der Waals surface area contributed by atoms with Crippen LogP contribution < -0.4 is 11.0 Å². The zero-order chi connectivity index (χ0) is 22.5. The molecule has 1 aliphatic heterocycles.